The van der Waals surface area contributed by atoms with Crippen LogP contribution in [0.2, 0.25) is 0 Å². The zero-order chi connectivity index (χ0) is 21.9. The fourth-order valence-corrected chi connectivity index (χ4v) is 6.46. The van der Waals surface area contributed by atoms with Gasteiger partial charge in [-0.1, -0.05) is 5.21 Å². The van der Waals surface area contributed by atoms with Crippen molar-refractivity contribution in [2.75, 3.05) is 37.6 Å². The molecule has 0 unspecified atom stereocenters. The summed E-state index contributed by atoms with van der Waals surface area (Å²) in [6.07, 6.45) is 5.66. The number of aromatic nitrogens is 4. The van der Waals surface area contributed by atoms with Gasteiger partial charge >= 0.3 is 0 Å². The molecule has 32 heavy (non-hydrogen) atoms. The minimum atomic E-state index is -0.254. The molecule has 0 bridgehead atoms. The van der Waals surface area contributed by atoms with Gasteiger partial charge in [-0.2, -0.15) is 0 Å². The summed E-state index contributed by atoms with van der Waals surface area (Å²) in [5.74, 6) is 1.04. The predicted octanol–water partition coefficient (Wildman–Crippen LogP) is 2.95. The van der Waals surface area contributed by atoms with Crippen LogP contribution >= 0.6 is 11.3 Å². The smallest absolute Gasteiger partial charge is 0.287 e. The number of likely N-dealkylation sites (tertiary alicyclic amines) is 1. The average molecular weight is 455 g/mol. The lowest BCUT2D eigenvalue weighted by molar-refractivity contribution is -0.0395. The van der Waals surface area contributed by atoms with Crippen molar-refractivity contribution in [2.45, 2.75) is 64.7 Å². The summed E-state index contributed by atoms with van der Waals surface area (Å²) in [6, 6.07) is 0. The van der Waals surface area contributed by atoms with E-state index in [1.807, 2.05) is 0 Å². The molecule has 0 atom stereocenters. The number of hydrogen-bond donors (Lipinski definition) is 0. The molecule has 9 heteroatoms. The fraction of sp³-hybridized carbons (Fsp3) is 0.652. The minimum Gasteiger partial charge on any atom is -0.370 e. The Morgan fingerprint density at radius 1 is 1.03 bits per heavy atom. The van der Waals surface area contributed by atoms with Crippen LogP contribution in [0.1, 0.15) is 50.7 Å². The molecule has 2 fully saturated rings. The highest BCUT2D eigenvalue weighted by atomic mass is 32.1. The van der Waals surface area contributed by atoms with Gasteiger partial charge in [0.15, 0.2) is 0 Å². The molecule has 170 valence electrons. The first-order chi connectivity index (χ1) is 15.5. The summed E-state index contributed by atoms with van der Waals surface area (Å²) < 4.78 is 8.40. The fourth-order valence-electron chi connectivity index (χ4n) is 5.38. The lowest BCUT2D eigenvalue weighted by Gasteiger charge is -2.34. The minimum absolute atomic E-state index is 0.0417. The molecule has 0 aromatic carbocycles. The molecule has 0 radical (unpaired) electrons. The zero-order valence-corrected chi connectivity index (χ0v) is 19.7. The van der Waals surface area contributed by atoms with E-state index < -0.39 is 0 Å². The number of anilines is 1. The van der Waals surface area contributed by atoms with Crippen LogP contribution in [0.15, 0.2) is 4.79 Å². The second-order valence-corrected chi connectivity index (χ2v) is 10.9. The zero-order valence-electron chi connectivity index (χ0n) is 18.9. The molecule has 3 aliphatic heterocycles. The maximum atomic E-state index is 13.3. The maximum absolute atomic E-state index is 13.3. The molecule has 3 aromatic heterocycles. The highest BCUT2D eigenvalue weighted by Crippen LogP contribution is 2.42. The maximum Gasteiger partial charge on any atom is 0.287 e. The first kappa shape index (κ1) is 20.5. The van der Waals surface area contributed by atoms with Gasteiger partial charge < -0.3 is 14.5 Å². The summed E-state index contributed by atoms with van der Waals surface area (Å²) in [4.78, 5) is 24.1. The standard InChI is InChI=1S/C23H30N6O2S/c1-23(2)13-15-16(14-31-23)20(28-9-5-6-10-28)24-21-17(15)18-19(32-21)22(30)29(26-25-18)12-11-27-7-3-4-8-27/h3-14H2,1-2H3. The highest BCUT2D eigenvalue weighted by molar-refractivity contribution is 7.25. The highest BCUT2D eigenvalue weighted by Gasteiger charge is 2.33. The molecule has 0 amide bonds. The molecule has 2 saturated heterocycles. The van der Waals surface area contributed by atoms with Crippen LogP contribution in [0.4, 0.5) is 5.82 Å². The summed E-state index contributed by atoms with van der Waals surface area (Å²) in [5, 5.41) is 9.92. The summed E-state index contributed by atoms with van der Waals surface area (Å²) in [5.41, 5.74) is 2.82. The Hall–Kier alpha value is -2.10. The largest absolute Gasteiger partial charge is 0.370 e. The van der Waals surface area contributed by atoms with E-state index in [1.165, 1.54) is 52.8 Å². The van der Waals surface area contributed by atoms with Crippen molar-refractivity contribution in [1.29, 1.82) is 0 Å². The summed E-state index contributed by atoms with van der Waals surface area (Å²) in [6.45, 7) is 10.5. The van der Waals surface area contributed by atoms with Crippen molar-refractivity contribution in [1.82, 2.24) is 24.9 Å². The summed E-state index contributed by atoms with van der Waals surface area (Å²) >= 11 is 1.48. The van der Waals surface area contributed by atoms with Crippen LogP contribution in [-0.2, 0) is 24.3 Å². The number of rotatable bonds is 4. The van der Waals surface area contributed by atoms with Crippen molar-refractivity contribution in [3.8, 4) is 0 Å². The molecule has 6 heterocycles. The van der Waals surface area contributed by atoms with Crippen molar-refractivity contribution < 1.29 is 4.74 Å². The van der Waals surface area contributed by atoms with Crippen molar-refractivity contribution >= 4 is 37.6 Å². The molecule has 0 spiro atoms. The Balaban J connectivity index is 1.49. The number of ether oxygens (including phenoxy) is 1. The molecule has 6 rings (SSSR count). The summed E-state index contributed by atoms with van der Waals surface area (Å²) in [7, 11) is 0. The van der Waals surface area contributed by atoms with E-state index in [9.17, 15) is 4.79 Å². The third-order valence-corrected chi connectivity index (χ3v) is 8.19. The average Bonchev–Trinajstić information content (AvgIpc) is 3.52. The number of thiophene rings is 1. The second-order valence-electron chi connectivity index (χ2n) is 9.94. The van der Waals surface area contributed by atoms with E-state index >= 15 is 0 Å². The lowest BCUT2D eigenvalue weighted by Crippen LogP contribution is -2.34. The van der Waals surface area contributed by atoms with Crippen LogP contribution in [0.3, 0.4) is 0 Å². The van der Waals surface area contributed by atoms with Crippen molar-refractivity contribution in [2.24, 2.45) is 0 Å². The monoisotopic (exact) mass is 454 g/mol. The third kappa shape index (κ3) is 3.41. The molecule has 3 aromatic rings. The first-order valence-corrected chi connectivity index (χ1v) is 12.6. The lowest BCUT2D eigenvalue weighted by atomic mass is 9.90. The van der Waals surface area contributed by atoms with E-state index in [0.29, 0.717) is 23.4 Å². The van der Waals surface area contributed by atoms with Gasteiger partial charge in [0, 0.05) is 37.0 Å². The van der Waals surface area contributed by atoms with Crippen molar-refractivity contribution in [3.05, 3.63) is 21.5 Å². The van der Waals surface area contributed by atoms with E-state index in [4.69, 9.17) is 9.72 Å². The molecule has 8 nitrogen and oxygen atoms in total. The molecule has 0 N–H and O–H groups in total. The van der Waals surface area contributed by atoms with Crippen LogP contribution in [0, 0.1) is 0 Å². The van der Waals surface area contributed by atoms with Crippen LogP contribution in [0.5, 0.6) is 0 Å². The number of hydrogen-bond acceptors (Lipinski definition) is 8. The quantitative estimate of drug-likeness (QED) is 0.600. The Bertz CT molecular complexity index is 1240. The number of fused-ring (bicyclic) bond motifs is 5. The van der Waals surface area contributed by atoms with Gasteiger partial charge in [-0.3, -0.25) is 4.79 Å². The third-order valence-electron chi connectivity index (χ3n) is 7.13. The SMILES string of the molecule is CC1(C)Cc2c(c(N3CCCC3)nc3sc4c(=O)n(CCN5CCCC5)nnc4c23)CO1. The Morgan fingerprint density at radius 2 is 1.78 bits per heavy atom. The van der Waals surface area contributed by atoms with E-state index in [0.717, 1.165) is 55.2 Å². The van der Waals surface area contributed by atoms with Gasteiger partial charge in [0.05, 0.1) is 18.8 Å². The van der Waals surface area contributed by atoms with Gasteiger partial charge in [0.1, 0.15) is 20.9 Å². The van der Waals surface area contributed by atoms with Crippen LogP contribution < -0.4 is 10.5 Å². The Morgan fingerprint density at radius 3 is 2.56 bits per heavy atom. The van der Waals surface area contributed by atoms with Gasteiger partial charge in [0.2, 0.25) is 0 Å². The number of nitrogens with zero attached hydrogens (tertiary/aromatic N) is 6. The van der Waals surface area contributed by atoms with E-state index in [2.05, 4.69) is 34.0 Å². The van der Waals surface area contributed by atoms with E-state index in [1.54, 1.807) is 0 Å². The van der Waals surface area contributed by atoms with E-state index in [-0.39, 0.29) is 11.2 Å². The van der Waals surface area contributed by atoms with Crippen LogP contribution in [0.25, 0.3) is 20.4 Å². The van der Waals surface area contributed by atoms with Gasteiger partial charge in [-0.25, -0.2) is 9.67 Å². The number of pyridine rings is 1. The van der Waals surface area contributed by atoms with Crippen molar-refractivity contribution in [3.63, 3.8) is 0 Å². The second kappa shape index (κ2) is 7.74. The molecular weight excluding hydrogens is 424 g/mol. The van der Waals surface area contributed by atoms with Gasteiger partial charge in [0.25, 0.3) is 5.56 Å². The predicted molar refractivity (Wildman–Crippen MR) is 127 cm³/mol. The van der Waals surface area contributed by atoms with Crippen LogP contribution in [-0.4, -0.2) is 63.2 Å². The molecule has 0 saturated carbocycles. The molecule has 3 aliphatic rings. The first-order valence-electron chi connectivity index (χ1n) is 11.8. The Kier molecular flexibility index (Phi) is 4.96. The topological polar surface area (TPSA) is 76.4 Å². The Labute approximate surface area is 191 Å². The van der Waals surface area contributed by atoms with Gasteiger partial charge in [-0.05, 0) is 58.2 Å². The molecule has 0 aliphatic carbocycles. The normalized spacial score (nSPS) is 21.1. The van der Waals surface area contributed by atoms with Gasteiger partial charge in [-0.15, -0.1) is 16.4 Å². The molecular formula is C23H30N6O2S.